The third kappa shape index (κ3) is 8.72. The fraction of sp³-hybridized carbons (Fsp3) is 0.762. The number of carbonyl (C=O) groups excluding carboxylic acids is 3. The number of nitrogens with one attached hydrogen (secondary N) is 2. The quantitative estimate of drug-likeness (QED) is 0.401. The predicted molar refractivity (Wildman–Crippen MR) is 114 cm³/mol. The molecule has 0 aromatic rings. The van der Waals surface area contributed by atoms with E-state index in [4.69, 9.17) is 14.9 Å². The van der Waals surface area contributed by atoms with Gasteiger partial charge in [0, 0.05) is 19.0 Å². The van der Waals surface area contributed by atoms with Crippen LogP contribution in [-0.4, -0.2) is 75.7 Å². The molecular weight excluding hydrogens is 422 g/mol. The smallest absolute Gasteiger partial charge is 0.408 e. The lowest BCUT2D eigenvalue weighted by atomic mass is 9.93. The number of hydrogen-bond acceptors (Lipinski definition) is 6. The van der Waals surface area contributed by atoms with E-state index in [1.165, 1.54) is 0 Å². The van der Waals surface area contributed by atoms with E-state index in [1.54, 1.807) is 25.7 Å². The van der Waals surface area contributed by atoms with Crippen molar-refractivity contribution in [3.63, 3.8) is 0 Å². The van der Waals surface area contributed by atoms with Crippen LogP contribution in [0.5, 0.6) is 0 Å². The van der Waals surface area contributed by atoms with Crippen molar-refractivity contribution in [2.45, 2.75) is 78.0 Å². The van der Waals surface area contributed by atoms with Crippen LogP contribution in [-0.2, 0) is 23.9 Å². The molecule has 0 spiro atoms. The van der Waals surface area contributed by atoms with Crippen LogP contribution in [0.4, 0.5) is 4.79 Å². The summed E-state index contributed by atoms with van der Waals surface area (Å²) in [6.45, 7) is 9.48. The molecule has 0 unspecified atom stereocenters. The van der Waals surface area contributed by atoms with Gasteiger partial charge in [0.15, 0.2) is 0 Å². The first-order valence-corrected chi connectivity index (χ1v) is 10.8. The third-order valence-corrected chi connectivity index (χ3v) is 5.32. The van der Waals surface area contributed by atoms with Gasteiger partial charge in [-0.15, -0.1) is 0 Å². The van der Waals surface area contributed by atoms with Gasteiger partial charge in [-0.05, 0) is 39.5 Å². The lowest BCUT2D eigenvalue weighted by molar-refractivity contribution is -0.148. The first-order chi connectivity index (χ1) is 14.7. The Morgan fingerprint density at radius 3 is 2.06 bits per heavy atom. The Labute approximate surface area is 187 Å². The summed E-state index contributed by atoms with van der Waals surface area (Å²) in [4.78, 5) is 61.2. The largest absolute Gasteiger partial charge is 0.481 e. The average molecular weight is 458 g/mol. The van der Waals surface area contributed by atoms with Gasteiger partial charge in [0.1, 0.15) is 17.7 Å². The van der Waals surface area contributed by atoms with Gasteiger partial charge in [-0.25, -0.2) is 9.59 Å². The molecule has 0 saturated carbocycles. The fourth-order valence-corrected chi connectivity index (χ4v) is 3.34. The topological polar surface area (TPSA) is 162 Å². The zero-order chi connectivity index (χ0) is 24.6. The van der Waals surface area contributed by atoms with Crippen LogP contribution in [0.2, 0.25) is 0 Å². The molecular formula is C21H35N3O8. The molecule has 1 aliphatic rings. The van der Waals surface area contributed by atoms with Crippen LogP contribution in [0.3, 0.4) is 0 Å². The number of piperidine rings is 1. The van der Waals surface area contributed by atoms with Crippen LogP contribution in [0.25, 0.3) is 0 Å². The molecule has 3 amide bonds. The maximum atomic E-state index is 13.1. The standard InChI is InChI=1S/C21H35N3O8/c1-6-12(2)16(23-20(31)32-21(3,4)5)18(28)24-9-7-13(8-10-24)17(27)22-14(19(29)30)11-15(25)26/h12-14,16H,6-11H2,1-5H3,(H,22,27)(H,23,31)(H,25,26)(H,29,30)/t12-,14-,16-/m0/s1. The molecule has 4 N–H and O–H groups in total. The van der Waals surface area contributed by atoms with E-state index in [9.17, 15) is 24.0 Å². The van der Waals surface area contributed by atoms with Crippen LogP contribution >= 0.6 is 0 Å². The first kappa shape index (κ1) is 27.2. The minimum Gasteiger partial charge on any atom is -0.481 e. The Balaban J connectivity index is 2.72. The summed E-state index contributed by atoms with van der Waals surface area (Å²) in [5, 5.41) is 22.8. The molecule has 1 saturated heterocycles. The highest BCUT2D eigenvalue weighted by atomic mass is 16.6. The summed E-state index contributed by atoms with van der Waals surface area (Å²) >= 11 is 0. The van der Waals surface area contributed by atoms with Crippen LogP contribution < -0.4 is 10.6 Å². The van der Waals surface area contributed by atoms with Gasteiger partial charge in [0.25, 0.3) is 0 Å². The molecule has 0 bridgehead atoms. The number of carboxylic acid groups (broad SMARTS) is 2. The molecule has 3 atom stereocenters. The Hall–Kier alpha value is -2.85. The average Bonchev–Trinajstić information content (AvgIpc) is 2.68. The van der Waals surface area contributed by atoms with Crippen molar-refractivity contribution < 1.29 is 38.9 Å². The summed E-state index contributed by atoms with van der Waals surface area (Å²) < 4.78 is 5.27. The Morgan fingerprint density at radius 2 is 1.62 bits per heavy atom. The van der Waals surface area contributed by atoms with Crippen molar-refractivity contribution in [3.05, 3.63) is 0 Å². The van der Waals surface area contributed by atoms with E-state index in [1.807, 2.05) is 13.8 Å². The van der Waals surface area contributed by atoms with Gasteiger partial charge in [-0.3, -0.25) is 14.4 Å². The van der Waals surface area contributed by atoms with E-state index in [-0.39, 0.29) is 24.9 Å². The highest BCUT2D eigenvalue weighted by molar-refractivity contribution is 5.88. The number of alkyl carbamates (subject to hydrolysis) is 1. The zero-order valence-corrected chi connectivity index (χ0v) is 19.3. The molecule has 1 aliphatic heterocycles. The van der Waals surface area contributed by atoms with Crippen LogP contribution in [0.15, 0.2) is 0 Å². The van der Waals surface area contributed by atoms with Crippen LogP contribution in [0.1, 0.15) is 60.3 Å². The van der Waals surface area contributed by atoms with Crippen LogP contribution in [0, 0.1) is 11.8 Å². The molecule has 32 heavy (non-hydrogen) atoms. The Morgan fingerprint density at radius 1 is 1.06 bits per heavy atom. The molecule has 0 radical (unpaired) electrons. The number of amides is 3. The summed E-state index contributed by atoms with van der Waals surface area (Å²) in [6.07, 6.45) is -0.132. The number of carbonyl (C=O) groups is 5. The van der Waals surface area contributed by atoms with Gasteiger partial charge in [-0.2, -0.15) is 0 Å². The Bertz CT molecular complexity index is 710. The molecule has 11 heteroatoms. The van der Waals surface area contributed by atoms with E-state index < -0.39 is 54.0 Å². The second kappa shape index (κ2) is 11.7. The molecule has 0 aromatic carbocycles. The van der Waals surface area contributed by atoms with E-state index in [0.717, 1.165) is 0 Å². The van der Waals surface area contributed by atoms with E-state index in [2.05, 4.69) is 10.6 Å². The van der Waals surface area contributed by atoms with Gasteiger partial charge >= 0.3 is 18.0 Å². The highest BCUT2D eigenvalue weighted by Gasteiger charge is 2.35. The fourth-order valence-electron chi connectivity index (χ4n) is 3.34. The summed E-state index contributed by atoms with van der Waals surface area (Å²) in [5.41, 5.74) is -0.701. The number of rotatable bonds is 9. The van der Waals surface area contributed by atoms with Gasteiger partial charge in [-0.1, -0.05) is 20.3 Å². The first-order valence-electron chi connectivity index (χ1n) is 10.8. The number of aliphatic carboxylic acids is 2. The maximum Gasteiger partial charge on any atom is 0.408 e. The molecule has 0 aromatic heterocycles. The van der Waals surface area contributed by atoms with Crippen molar-refractivity contribution in [1.29, 1.82) is 0 Å². The Kier molecular flexibility index (Phi) is 9.92. The molecule has 1 fully saturated rings. The van der Waals surface area contributed by atoms with Crippen molar-refractivity contribution >= 4 is 29.8 Å². The number of carboxylic acids is 2. The highest BCUT2D eigenvalue weighted by Crippen LogP contribution is 2.21. The third-order valence-electron chi connectivity index (χ3n) is 5.32. The second-order valence-electron chi connectivity index (χ2n) is 9.11. The maximum absolute atomic E-state index is 13.1. The zero-order valence-electron chi connectivity index (χ0n) is 19.3. The summed E-state index contributed by atoms with van der Waals surface area (Å²) in [7, 11) is 0. The number of ether oxygens (including phenoxy) is 1. The normalized spacial score (nSPS) is 17.6. The van der Waals surface area contributed by atoms with Gasteiger partial charge in [0.05, 0.1) is 6.42 Å². The lowest BCUT2D eigenvalue weighted by Gasteiger charge is -2.35. The molecule has 182 valence electrons. The second-order valence-corrected chi connectivity index (χ2v) is 9.11. The van der Waals surface area contributed by atoms with Gasteiger partial charge in [0.2, 0.25) is 11.8 Å². The molecule has 0 aliphatic carbocycles. The number of nitrogens with zero attached hydrogens (tertiary/aromatic N) is 1. The minimum absolute atomic E-state index is 0.136. The van der Waals surface area contributed by atoms with Crippen molar-refractivity contribution in [2.24, 2.45) is 11.8 Å². The molecule has 1 rings (SSSR count). The number of likely N-dealkylation sites (tertiary alicyclic amines) is 1. The van der Waals surface area contributed by atoms with Crippen molar-refractivity contribution in [3.8, 4) is 0 Å². The predicted octanol–water partition coefficient (Wildman–Crippen LogP) is 1.21. The monoisotopic (exact) mass is 457 g/mol. The van der Waals surface area contributed by atoms with Crippen molar-refractivity contribution in [1.82, 2.24) is 15.5 Å². The van der Waals surface area contributed by atoms with Crippen molar-refractivity contribution in [2.75, 3.05) is 13.1 Å². The summed E-state index contributed by atoms with van der Waals surface area (Å²) in [5.74, 6) is -4.22. The van der Waals surface area contributed by atoms with Gasteiger partial charge < -0.3 is 30.5 Å². The van der Waals surface area contributed by atoms with E-state index >= 15 is 0 Å². The van der Waals surface area contributed by atoms with E-state index in [0.29, 0.717) is 19.3 Å². The minimum atomic E-state index is -1.51. The molecule has 11 nitrogen and oxygen atoms in total. The number of hydrogen-bond donors (Lipinski definition) is 4. The summed E-state index contributed by atoms with van der Waals surface area (Å²) in [6, 6.07) is -2.28. The SMILES string of the molecule is CC[C@H](C)[C@H](NC(=O)OC(C)(C)C)C(=O)N1CCC(C(=O)N[C@@H](CC(=O)O)C(=O)O)CC1. The lowest BCUT2D eigenvalue weighted by Crippen LogP contribution is -2.55. The molecule has 1 heterocycles.